The summed E-state index contributed by atoms with van der Waals surface area (Å²) in [5, 5.41) is 3.43. The van der Waals surface area contributed by atoms with Crippen LogP contribution < -0.4 is 15.0 Å². The molecule has 2 aromatic rings. The van der Waals surface area contributed by atoms with Crippen LogP contribution in [0.25, 0.3) is 0 Å². The summed E-state index contributed by atoms with van der Waals surface area (Å²) in [5.41, 5.74) is 1.88. The first-order valence-corrected chi connectivity index (χ1v) is 10.1. The number of nitrogens with one attached hydrogen (secondary N) is 1. The first-order chi connectivity index (χ1) is 13.8. The number of alkyl halides is 3. The topological polar surface area (TPSA) is 50.3 Å². The summed E-state index contributed by atoms with van der Waals surface area (Å²) in [6.45, 7) is 5.48. The van der Waals surface area contributed by atoms with E-state index in [4.69, 9.17) is 4.98 Å². The van der Waals surface area contributed by atoms with Crippen molar-refractivity contribution in [3.63, 3.8) is 0 Å². The van der Waals surface area contributed by atoms with E-state index in [0.29, 0.717) is 18.5 Å². The third kappa shape index (κ3) is 4.92. The summed E-state index contributed by atoms with van der Waals surface area (Å²) in [4.78, 5) is 11.6. The number of halogens is 3. The van der Waals surface area contributed by atoms with Crippen molar-refractivity contribution < 1.29 is 17.9 Å². The molecule has 0 amide bonds. The Morgan fingerprint density at radius 3 is 2.69 bits per heavy atom. The van der Waals surface area contributed by atoms with Crippen LogP contribution in [-0.4, -0.2) is 28.9 Å². The molecule has 5 nitrogen and oxygen atoms in total. The minimum absolute atomic E-state index is 0.182. The molecule has 1 aliphatic carbocycles. The first-order valence-electron chi connectivity index (χ1n) is 10.1. The Kier molecular flexibility index (Phi) is 5.27. The minimum atomic E-state index is -4.69. The lowest BCUT2D eigenvalue weighted by molar-refractivity contribution is -0.274. The van der Waals surface area contributed by atoms with Gasteiger partial charge >= 0.3 is 6.36 Å². The molecule has 1 N–H and O–H groups in total. The molecule has 0 radical (unpaired) electrons. The van der Waals surface area contributed by atoms with Gasteiger partial charge in [-0.25, -0.2) is 9.97 Å². The quantitative estimate of drug-likeness (QED) is 0.730. The summed E-state index contributed by atoms with van der Waals surface area (Å²) >= 11 is 0. The van der Waals surface area contributed by atoms with Crippen molar-refractivity contribution >= 4 is 11.6 Å². The predicted molar refractivity (Wildman–Crippen MR) is 105 cm³/mol. The highest BCUT2D eigenvalue weighted by atomic mass is 19.4. The van der Waals surface area contributed by atoms with Gasteiger partial charge in [0, 0.05) is 31.1 Å². The van der Waals surface area contributed by atoms with Crippen LogP contribution in [0.5, 0.6) is 5.75 Å². The van der Waals surface area contributed by atoms with Crippen LogP contribution in [-0.2, 0) is 13.0 Å². The molecule has 1 aromatic carbocycles. The highest BCUT2D eigenvalue weighted by Crippen LogP contribution is 2.39. The molecule has 1 aromatic heterocycles. The lowest BCUT2D eigenvalue weighted by Gasteiger charge is -2.30. The second kappa shape index (κ2) is 7.72. The van der Waals surface area contributed by atoms with Crippen molar-refractivity contribution in [3.05, 3.63) is 41.2 Å². The second-order valence-electron chi connectivity index (χ2n) is 7.85. The molecule has 2 heterocycles. The number of ether oxygens (including phenoxy) is 1. The third-order valence-electron chi connectivity index (χ3n) is 5.43. The maximum absolute atomic E-state index is 12.6. The Labute approximate surface area is 168 Å². The number of nitrogens with zero attached hydrogens (tertiary/aromatic N) is 3. The van der Waals surface area contributed by atoms with E-state index in [2.05, 4.69) is 33.8 Å². The van der Waals surface area contributed by atoms with Gasteiger partial charge in [-0.2, -0.15) is 0 Å². The van der Waals surface area contributed by atoms with Crippen molar-refractivity contribution in [1.29, 1.82) is 0 Å². The highest BCUT2D eigenvalue weighted by Gasteiger charge is 2.32. The first kappa shape index (κ1) is 19.8. The monoisotopic (exact) mass is 406 g/mol. The van der Waals surface area contributed by atoms with Crippen LogP contribution >= 0.6 is 0 Å². The van der Waals surface area contributed by atoms with Crippen LogP contribution in [0, 0.1) is 0 Å². The molecule has 1 saturated carbocycles. The Bertz CT molecular complexity index is 883. The van der Waals surface area contributed by atoms with Crippen molar-refractivity contribution in [2.24, 2.45) is 0 Å². The fraction of sp³-hybridized carbons (Fsp3) is 0.524. The lowest BCUT2D eigenvalue weighted by atomic mass is 9.99. The molecule has 0 bridgehead atoms. The maximum Gasteiger partial charge on any atom is 0.573 e. The number of aromatic nitrogens is 2. The van der Waals surface area contributed by atoms with E-state index in [1.165, 1.54) is 12.1 Å². The minimum Gasteiger partial charge on any atom is -0.406 e. The van der Waals surface area contributed by atoms with Crippen molar-refractivity contribution in [1.82, 2.24) is 9.97 Å². The summed E-state index contributed by atoms with van der Waals surface area (Å²) in [5.74, 6) is 2.72. The smallest absolute Gasteiger partial charge is 0.406 e. The van der Waals surface area contributed by atoms with Gasteiger partial charge < -0.3 is 15.0 Å². The Hall–Kier alpha value is -2.51. The zero-order valence-electron chi connectivity index (χ0n) is 16.6. The summed E-state index contributed by atoms with van der Waals surface area (Å²) in [6.07, 6.45) is -0.749. The van der Waals surface area contributed by atoms with Crippen LogP contribution in [0.4, 0.5) is 24.8 Å². The van der Waals surface area contributed by atoms with Crippen LogP contribution in [0.1, 0.15) is 56.0 Å². The maximum atomic E-state index is 12.6. The van der Waals surface area contributed by atoms with Crippen molar-refractivity contribution in [3.8, 4) is 5.75 Å². The number of rotatable bonds is 6. The highest BCUT2D eigenvalue weighted by molar-refractivity contribution is 5.53. The Morgan fingerprint density at radius 1 is 1.21 bits per heavy atom. The molecule has 4 rings (SSSR count). The Balaban J connectivity index is 1.58. The molecule has 1 aliphatic heterocycles. The van der Waals surface area contributed by atoms with Gasteiger partial charge in [-0.3, -0.25) is 0 Å². The summed E-state index contributed by atoms with van der Waals surface area (Å²) < 4.78 is 41.8. The number of benzene rings is 1. The van der Waals surface area contributed by atoms with Gasteiger partial charge in [0.2, 0.25) is 0 Å². The lowest BCUT2D eigenvalue weighted by Crippen LogP contribution is -2.31. The molecule has 2 aliphatic rings. The van der Waals surface area contributed by atoms with E-state index >= 15 is 0 Å². The van der Waals surface area contributed by atoms with Gasteiger partial charge in [-0.1, -0.05) is 13.0 Å². The summed E-state index contributed by atoms with van der Waals surface area (Å²) in [7, 11) is 0. The van der Waals surface area contributed by atoms with Gasteiger partial charge in [0.1, 0.15) is 23.2 Å². The van der Waals surface area contributed by atoms with Gasteiger partial charge in [0.15, 0.2) is 0 Å². The van der Waals surface area contributed by atoms with Gasteiger partial charge in [0.25, 0.3) is 0 Å². The molecule has 0 saturated heterocycles. The zero-order chi connectivity index (χ0) is 20.6. The second-order valence-corrected chi connectivity index (χ2v) is 7.85. The average Bonchev–Trinajstić information content (AvgIpc) is 3.51. The molecular weight excluding hydrogens is 381 g/mol. The molecule has 8 heteroatoms. The predicted octanol–water partition coefficient (Wildman–Crippen LogP) is 5.03. The van der Waals surface area contributed by atoms with Crippen molar-refractivity contribution in [2.75, 3.05) is 16.8 Å². The Morgan fingerprint density at radius 2 is 2.00 bits per heavy atom. The van der Waals surface area contributed by atoms with Crippen molar-refractivity contribution in [2.45, 2.75) is 64.4 Å². The molecule has 0 unspecified atom stereocenters. The number of fused-ring (bicyclic) bond motifs is 1. The molecule has 0 spiro atoms. The summed E-state index contributed by atoms with van der Waals surface area (Å²) in [6, 6.07) is 6.83. The molecule has 29 heavy (non-hydrogen) atoms. The molecule has 1 atom stereocenters. The fourth-order valence-electron chi connectivity index (χ4n) is 3.49. The SMILES string of the molecule is CC[C@@H](C)Nc1cc(N2CCc3ccc(OC(F)(F)F)cc3C2)nc(C2CC2)n1. The fourth-order valence-corrected chi connectivity index (χ4v) is 3.49. The van der Waals surface area contributed by atoms with E-state index in [-0.39, 0.29) is 5.75 Å². The normalized spacial score (nSPS) is 17.6. The molecule has 156 valence electrons. The third-order valence-corrected chi connectivity index (χ3v) is 5.43. The zero-order valence-corrected chi connectivity index (χ0v) is 16.6. The number of hydrogen-bond donors (Lipinski definition) is 1. The van der Waals surface area contributed by atoms with Crippen LogP contribution in [0.2, 0.25) is 0 Å². The van der Waals surface area contributed by atoms with Gasteiger partial charge in [0.05, 0.1) is 0 Å². The van der Waals surface area contributed by atoms with Gasteiger partial charge in [-0.15, -0.1) is 13.2 Å². The van der Waals surface area contributed by atoms with E-state index in [1.54, 1.807) is 6.07 Å². The number of anilines is 2. The average molecular weight is 406 g/mol. The number of hydrogen-bond acceptors (Lipinski definition) is 5. The van der Waals surface area contributed by atoms with Gasteiger partial charge in [-0.05, 0) is 55.9 Å². The van der Waals surface area contributed by atoms with E-state index < -0.39 is 6.36 Å². The standard InChI is InChI=1S/C21H25F3N4O/c1-3-13(2)25-18-11-19(27-20(26-18)15-4-5-15)28-9-8-14-6-7-17(10-16(14)12-28)29-21(22,23)24/h6-7,10-11,13,15H,3-5,8-9,12H2,1-2H3,(H,25,26,27)/t13-/m1/s1. The van der Waals surface area contributed by atoms with E-state index in [0.717, 1.165) is 60.8 Å². The molecule has 1 fully saturated rings. The van der Waals surface area contributed by atoms with Crippen LogP contribution in [0.3, 0.4) is 0 Å². The van der Waals surface area contributed by atoms with Crippen LogP contribution in [0.15, 0.2) is 24.3 Å². The van der Waals surface area contributed by atoms with E-state index in [1.807, 2.05) is 6.07 Å². The van der Waals surface area contributed by atoms with E-state index in [9.17, 15) is 13.2 Å². The molecular formula is C21H25F3N4O. The largest absolute Gasteiger partial charge is 0.573 e.